The highest BCUT2D eigenvalue weighted by molar-refractivity contribution is 5.97. The Morgan fingerprint density at radius 3 is 2.81 bits per heavy atom. The number of rotatable bonds is 2. The first-order valence-electron chi connectivity index (χ1n) is 8.49. The highest BCUT2D eigenvalue weighted by Gasteiger charge is 2.38. The van der Waals surface area contributed by atoms with Crippen LogP contribution in [-0.4, -0.2) is 77.6 Å². The Balaban J connectivity index is 1.52. The first-order chi connectivity index (χ1) is 12.9. The standard InChI is InChI=1S/C16H18N4O7/c1-9(21)18-6-10(7-18)26-16(24)27-14-11(22)2-3-20-13(14)15(23)19-4-5-25-8-12(19)17-20/h2-3,10,12,17H,4-8H2,1H3/t12-/m0/s1. The minimum Gasteiger partial charge on any atom is -0.427 e. The zero-order chi connectivity index (χ0) is 19.1. The van der Waals surface area contributed by atoms with E-state index in [1.807, 2.05) is 0 Å². The molecule has 4 heterocycles. The highest BCUT2D eigenvalue weighted by Crippen LogP contribution is 2.23. The number of morpholine rings is 1. The van der Waals surface area contributed by atoms with Gasteiger partial charge in [0.1, 0.15) is 12.3 Å². The zero-order valence-corrected chi connectivity index (χ0v) is 14.5. The summed E-state index contributed by atoms with van der Waals surface area (Å²) in [5.74, 6) is -0.947. The molecule has 11 heteroatoms. The number of likely N-dealkylation sites (tertiary alicyclic amines) is 1. The molecule has 2 saturated heterocycles. The minimum absolute atomic E-state index is 0.0726. The third kappa shape index (κ3) is 3.10. The molecule has 0 radical (unpaired) electrons. The predicted molar refractivity (Wildman–Crippen MR) is 88.9 cm³/mol. The van der Waals surface area contributed by atoms with E-state index < -0.39 is 29.3 Å². The van der Waals surface area contributed by atoms with Crippen LogP contribution < -0.4 is 15.6 Å². The maximum atomic E-state index is 12.8. The van der Waals surface area contributed by atoms with Crippen LogP contribution in [0.1, 0.15) is 17.4 Å². The first kappa shape index (κ1) is 17.3. The number of ether oxygens (including phenoxy) is 3. The van der Waals surface area contributed by atoms with Gasteiger partial charge < -0.3 is 29.4 Å². The van der Waals surface area contributed by atoms with E-state index in [1.54, 1.807) is 0 Å². The van der Waals surface area contributed by atoms with Crippen LogP contribution in [0.2, 0.25) is 0 Å². The minimum atomic E-state index is -1.09. The second kappa shape index (κ2) is 6.58. The van der Waals surface area contributed by atoms with Crippen LogP contribution in [0.25, 0.3) is 0 Å². The van der Waals surface area contributed by atoms with Crippen LogP contribution >= 0.6 is 0 Å². The fraction of sp³-hybridized carbons (Fsp3) is 0.500. The number of pyridine rings is 1. The lowest BCUT2D eigenvalue weighted by Gasteiger charge is -2.41. The van der Waals surface area contributed by atoms with E-state index in [2.05, 4.69) is 5.43 Å². The number of aromatic nitrogens is 1. The van der Waals surface area contributed by atoms with E-state index >= 15 is 0 Å². The molecule has 11 nitrogen and oxygen atoms in total. The summed E-state index contributed by atoms with van der Waals surface area (Å²) in [5, 5.41) is 0. The molecule has 4 rings (SSSR count). The van der Waals surface area contributed by atoms with E-state index in [9.17, 15) is 19.2 Å². The van der Waals surface area contributed by atoms with Crippen molar-refractivity contribution >= 4 is 18.0 Å². The third-order valence-electron chi connectivity index (χ3n) is 4.68. The number of amides is 2. The van der Waals surface area contributed by atoms with Crippen LogP contribution in [0, 0.1) is 0 Å². The molecule has 1 atom stereocenters. The highest BCUT2D eigenvalue weighted by atomic mass is 16.7. The molecule has 0 aliphatic carbocycles. The van der Waals surface area contributed by atoms with Gasteiger partial charge in [-0.1, -0.05) is 0 Å². The summed E-state index contributed by atoms with van der Waals surface area (Å²) in [6.07, 6.45) is -0.558. The van der Waals surface area contributed by atoms with Crippen molar-refractivity contribution in [3.8, 4) is 5.75 Å². The summed E-state index contributed by atoms with van der Waals surface area (Å²) in [4.78, 5) is 51.3. The number of hydrogen-bond donors (Lipinski definition) is 1. The Morgan fingerprint density at radius 2 is 2.07 bits per heavy atom. The second-order valence-electron chi connectivity index (χ2n) is 6.46. The Bertz CT molecular complexity index is 861. The quantitative estimate of drug-likeness (QED) is 0.648. The number of nitrogens with zero attached hydrogens (tertiary/aromatic N) is 3. The molecule has 3 aliphatic heterocycles. The number of nitrogens with one attached hydrogen (secondary N) is 1. The molecule has 2 amide bonds. The molecule has 1 aromatic heterocycles. The third-order valence-corrected chi connectivity index (χ3v) is 4.68. The zero-order valence-electron chi connectivity index (χ0n) is 14.5. The molecule has 0 bridgehead atoms. The molecule has 3 aliphatic rings. The van der Waals surface area contributed by atoms with Crippen molar-refractivity contribution in [2.45, 2.75) is 19.2 Å². The molecule has 0 unspecified atom stereocenters. The van der Waals surface area contributed by atoms with E-state index in [1.165, 1.54) is 33.7 Å². The average molecular weight is 378 g/mol. The van der Waals surface area contributed by atoms with Gasteiger partial charge in [0.05, 0.1) is 26.3 Å². The average Bonchev–Trinajstić information content (AvgIpc) is 2.60. The second-order valence-corrected chi connectivity index (χ2v) is 6.46. The fourth-order valence-electron chi connectivity index (χ4n) is 3.19. The van der Waals surface area contributed by atoms with Gasteiger partial charge in [-0.25, -0.2) is 4.79 Å². The molecule has 1 N–H and O–H groups in total. The normalized spacial score (nSPS) is 21.5. The Morgan fingerprint density at radius 1 is 1.30 bits per heavy atom. The van der Waals surface area contributed by atoms with Crippen molar-refractivity contribution in [1.29, 1.82) is 0 Å². The number of hydrogen-bond acceptors (Lipinski definition) is 8. The van der Waals surface area contributed by atoms with Gasteiger partial charge in [0, 0.05) is 25.7 Å². The van der Waals surface area contributed by atoms with Gasteiger partial charge in [0.2, 0.25) is 17.1 Å². The van der Waals surface area contributed by atoms with Gasteiger partial charge in [-0.3, -0.25) is 19.1 Å². The van der Waals surface area contributed by atoms with E-state index in [4.69, 9.17) is 14.2 Å². The summed E-state index contributed by atoms with van der Waals surface area (Å²) in [6.45, 7) is 3.01. The van der Waals surface area contributed by atoms with Crippen molar-refractivity contribution in [3.05, 3.63) is 28.2 Å². The lowest BCUT2D eigenvalue weighted by molar-refractivity contribution is -0.139. The molecule has 0 spiro atoms. The predicted octanol–water partition coefficient (Wildman–Crippen LogP) is -1.05. The number of carbonyl (C=O) groups excluding carboxylic acids is 3. The lowest BCUT2D eigenvalue weighted by Crippen LogP contribution is -2.59. The molecule has 0 aromatic carbocycles. The summed E-state index contributed by atoms with van der Waals surface area (Å²) in [6, 6.07) is 1.19. The van der Waals surface area contributed by atoms with Gasteiger partial charge in [-0.05, 0) is 0 Å². The maximum Gasteiger partial charge on any atom is 0.514 e. The lowest BCUT2D eigenvalue weighted by atomic mass is 10.2. The largest absolute Gasteiger partial charge is 0.514 e. The Hall–Kier alpha value is -3.08. The van der Waals surface area contributed by atoms with E-state index in [-0.39, 0.29) is 30.9 Å². The molecule has 27 heavy (non-hydrogen) atoms. The summed E-state index contributed by atoms with van der Waals surface area (Å²) < 4.78 is 16.9. The molecular formula is C16H18N4O7. The topological polar surface area (TPSA) is 119 Å². The van der Waals surface area contributed by atoms with Crippen molar-refractivity contribution in [2.75, 3.05) is 38.3 Å². The van der Waals surface area contributed by atoms with Crippen molar-refractivity contribution in [1.82, 2.24) is 14.5 Å². The van der Waals surface area contributed by atoms with Crippen molar-refractivity contribution in [3.63, 3.8) is 0 Å². The van der Waals surface area contributed by atoms with Gasteiger partial charge in [0.25, 0.3) is 5.91 Å². The van der Waals surface area contributed by atoms with E-state index in [0.29, 0.717) is 19.8 Å². The van der Waals surface area contributed by atoms with Crippen molar-refractivity contribution in [2.24, 2.45) is 0 Å². The molecular weight excluding hydrogens is 360 g/mol. The van der Waals surface area contributed by atoms with Crippen LogP contribution in [0.3, 0.4) is 0 Å². The summed E-state index contributed by atoms with van der Waals surface area (Å²) in [5.41, 5.74) is 2.35. The molecule has 144 valence electrons. The Labute approximate surface area is 153 Å². The van der Waals surface area contributed by atoms with Crippen LogP contribution in [-0.2, 0) is 14.3 Å². The van der Waals surface area contributed by atoms with Gasteiger partial charge in [-0.2, -0.15) is 0 Å². The number of fused-ring (bicyclic) bond motifs is 2. The van der Waals surface area contributed by atoms with Gasteiger partial charge in [-0.15, -0.1) is 0 Å². The van der Waals surface area contributed by atoms with Gasteiger partial charge >= 0.3 is 6.16 Å². The van der Waals surface area contributed by atoms with Crippen LogP contribution in [0.4, 0.5) is 4.79 Å². The SMILES string of the molecule is CC(=O)N1CC(OC(=O)Oc2c3n(ccc2=O)N[C@@H]2COCCN2C3=O)C1. The maximum absolute atomic E-state index is 12.8. The molecule has 0 saturated carbocycles. The van der Waals surface area contributed by atoms with Crippen molar-refractivity contribution < 1.29 is 28.6 Å². The Kier molecular flexibility index (Phi) is 4.22. The first-order valence-corrected chi connectivity index (χ1v) is 8.49. The van der Waals surface area contributed by atoms with Gasteiger partial charge in [0.15, 0.2) is 5.69 Å². The van der Waals surface area contributed by atoms with E-state index in [0.717, 1.165) is 0 Å². The fourth-order valence-corrected chi connectivity index (χ4v) is 3.19. The van der Waals surface area contributed by atoms with Crippen LogP contribution in [0.5, 0.6) is 5.75 Å². The summed E-state index contributed by atoms with van der Waals surface area (Å²) in [7, 11) is 0. The summed E-state index contributed by atoms with van der Waals surface area (Å²) >= 11 is 0. The van der Waals surface area contributed by atoms with Crippen LogP contribution in [0.15, 0.2) is 17.1 Å². The molecule has 2 fully saturated rings. The monoisotopic (exact) mass is 378 g/mol. The smallest absolute Gasteiger partial charge is 0.427 e. The number of carbonyl (C=O) groups is 3. The molecule has 1 aromatic rings.